The van der Waals surface area contributed by atoms with E-state index in [1.165, 1.54) is 19.2 Å². The Bertz CT molecular complexity index is 312. The van der Waals surface area contributed by atoms with Crippen LogP contribution in [-0.2, 0) is 0 Å². The summed E-state index contributed by atoms with van der Waals surface area (Å²) >= 11 is 0. The number of carbonyl (C=O) groups excluding carboxylic acids is 1. The van der Waals surface area contributed by atoms with Gasteiger partial charge in [0.15, 0.2) is 11.5 Å². The van der Waals surface area contributed by atoms with Crippen LogP contribution in [0.2, 0.25) is 0 Å². The smallest absolute Gasteiger partial charge is 0.429 e. The molecule has 0 aliphatic heterocycles. The standard InChI is InChI=1S/C8H10N2O3/c1-10(9)8(12)13-7-5-3-2-4-6(7)11/h2-5,11H,9H2,1H3. The van der Waals surface area contributed by atoms with Crippen molar-refractivity contribution in [3.8, 4) is 11.5 Å². The maximum Gasteiger partial charge on any atom is 0.429 e. The molecule has 5 heteroatoms. The molecule has 0 unspecified atom stereocenters. The first-order valence-corrected chi connectivity index (χ1v) is 3.59. The number of hydrogen-bond donors (Lipinski definition) is 2. The van der Waals surface area contributed by atoms with Crippen molar-refractivity contribution < 1.29 is 14.6 Å². The molecule has 0 radical (unpaired) electrons. The number of aromatic hydroxyl groups is 1. The van der Waals surface area contributed by atoms with Gasteiger partial charge >= 0.3 is 6.09 Å². The van der Waals surface area contributed by atoms with Crippen molar-refractivity contribution >= 4 is 6.09 Å². The van der Waals surface area contributed by atoms with Crippen molar-refractivity contribution in [2.24, 2.45) is 5.84 Å². The summed E-state index contributed by atoms with van der Waals surface area (Å²) in [7, 11) is 1.35. The van der Waals surface area contributed by atoms with Crippen LogP contribution in [0.5, 0.6) is 11.5 Å². The number of amides is 1. The third-order valence-electron chi connectivity index (χ3n) is 1.35. The van der Waals surface area contributed by atoms with Gasteiger partial charge in [0.1, 0.15) is 0 Å². The first-order valence-electron chi connectivity index (χ1n) is 3.59. The van der Waals surface area contributed by atoms with Crippen molar-refractivity contribution in [3.63, 3.8) is 0 Å². The van der Waals surface area contributed by atoms with E-state index in [9.17, 15) is 9.90 Å². The highest BCUT2D eigenvalue weighted by Gasteiger charge is 2.09. The minimum atomic E-state index is -0.735. The number of hydrogen-bond acceptors (Lipinski definition) is 4. The number of rotatable bonds is 1. The van der Waals surface area contributed by atoms with Gasteiger partial charge in [-0.3, -0.25) is 0 Å². The minimum absolute atomic E-state index is 0.0878. The fraction of sp³-hybridized carbons (Fsp3) is 0.125. The highest BCUT2D eigenvalue weighted by molar-refractivity contribution is 5.70. The largest absolute Gasteiger partial charge is 0.504 e. The summed E-state index contributed by atoms with van der Waals surface area (Å²) in [6.45, 7) is 0. The summed E-state index contributed by atoms with van der Waals surface area (Å²) in [5, 5.41) is 9.99. The highest BCUT2D eigenvalue weighted by Crippen LogP contribution is 2.24. The van der Waals surface area contributed by atoms with Crippen molar-refractivity contribution in [3.05, 3.63) is 24.3 Å². The molecule has 0 fully saturated rings. The molecular formula is C8H10N2O3. The Morgan fingerprint density at radius 3 is 2.69 bits per heavy atom. The van der Waals surface area contributed by atoms with Gasteiger partial charge in [-0.1, -0.05) is 12.1 Å². The average Bonchev–Trinajstić information content (AvgIpc) is 2.08. The van der Waals surface area contributed by atoms with Crippen LogP contribution in [0.3, 0.4) is 0 Å². The molecule has 70 valence electrons. The summed E-state index contributed by atoms with van der Waals surface area (Å²) in [6.07, 6.45) is -0.735. The summed E-state index contributed by atoms with van der Waals surface area (Å²) in [4.78, 5) is 10.9. The second-order valence-corrected chi connectivity index (χ2v) is 2.45. The molecule has 13 heavy (non-hydrogen) atoms. The molecule has 0 atom stereocenters. The molecular weight excluding hydrogens is 172 g/mol. The number of nitrogens with zero attached hydrogens (tertiary/aromatic N) is 1. The van der Waals surface area contributed by atoms with E-state index < -0.39 is 6.09 Å². The molecule has 0 spiro atoms. The first kappa shape index (κ1) is 9.34. The molecule has 3 N–H and O–H groups in total. The van der Waals surface area contributed by atoms with Gasteiger partial charge in [0.25, 0.3) is 0 Å². The van der Waals surface area contributed by atoms with Crippen LogP contribution in [0.4, 0.5) is 4.79 Å². The predicted octanol–water partition coefficient (Wildman–Crippen LogP) is 0.697. The molecule has 1 aromatic rings. The molecule has 0 aliphatic rings. The highest BCUT2D eigenvalue weighted by atomic mass is 16.6. The van der Waals surface area contributed by atoms with E-state index in [-0.39, 0.29) is 11.5 Å². The van der Waals surface area contributed by atoms with Crippen LogP contribution in [0.15, 0.2) is 24.3 Å². The van der Waals surface area contributed by atoms with Crippen molar-refractivity contribution in [1.82, 2.24) is 5.01 Å². The van der Waals surface area contributed by atoms with E-state index >= 15 is 0 Å². The summed E-state index contributed by atoms with van der Waals surface area (Å²) in [5.41, 5.74) is 0. The molecule has 0 bridgehead atoms. The number of phenolic OH excluding ortho intramolecular Hbond substituents is 1. The Morgan fingerprint density at radius 1 is 1.54 bits per heavy atom. The lowest BCUT2D eigenvalue weighted by atomic mass is 10.3. The van der Waals surface area contributed by atoms with Crippen LogP contribution >= 0.6 is 0 Å². The van der Waals surface area contributed by atoms with Gasteiger partial charge in [0.2, 0.25) is 0 Å². The van der Waals surface area contributed by atoms with E-state index in [1.54, 1.807) is 12.1 Å². The van der Waals surface area contributed by atoms with Crippen molar-refractivity contribution in [2.75, 3.05) is 7.05 Å². The van der Waals surface area contributed by atoms with E-state index in [1.807, 2.05) is 0 Å². The maximum absolute atomic E-state index is 10.9. The van der Waals surface area contributed by atoms with Crippen LogP contribution in [0.25, 0.3) is 0 Å². The molecule has 0 saturated carbocycles. The summed E-state index contributed by atoms with van der Waals surface area (Å²) in [6, 6.07) is 6.15. The number of hydrazine groups is 1. The third kappa shape index (κ3) is 2.34. The van der Waals surface area contributed by atoms with Gasteiger partial charge in [-0.2, -0.15) is 0 Å². The Balaban J connectivity index is 2.75. The monoisotopic (exact) mass is 182 g/mol. The number of ether oxygens (including phenoxy) is 1. The van der Waals surface area contributed by atoms with Crippen molar-refractivity contribution in [1.29, 1.82) is 0 Å². The summed E-state index contributed by atoms with van der Waals surface area (Å²) in [5.74, 6) is 5.10. The van der Waals surface area contributed by atoms with E-state index in [0.717, 1.165) is 5.01 Å². The lowest BCUT2D eigenvalue weighted by Gasteiger charge is -2.10. The van der Waals surface area contributed by atoms with Gasteiger partial charge < -0.3 is 9.84 Å². The summed E-state index contributed by atoms with van der Waals surface area (Å²) < 4.78 is 4.72. The van der Waals surface area contributed by atoms with E-state index in [4.69, 9.17) is 10.6 Å². The lowest BCUT2D eigenvalue weighted by Crippen LogP contribution is -2.35. The van der Waals surface area contributed by atoms with Gasteiger partial charge in [-0.05, 0) is 12.1 Å². The van der Waals surface area contributed by atoms with Crippen LogP contribution in [0, 0.1) is 0 Å². The Kier molecular flexibility index (Phi) is 2.71. The molecule has 1 amide bonds. The molecule has 5 nitrogen and oxygen atoms in total. The van der Waals surface area contributed by atoms with Crippen molar-refractivity contribution in [2.45, 2.75) is 0 Å². The van der Waals surface area contributed by atoms with Gasteiger partial charge in [0.05, 0.1) is 0 Å². The molecule has 0 aromatic heterocycles. The Labute approximate surface area is 75.3 Å². The molecule has 0 heterocycles. The lowest BCUT2D eigenvalue weighted by molar-refractivity contribution is 0.162. The first-order chi connectivity index (χ1) is 6.11. The minimum Gasteiger partial charge on any atom is -0.504 e. The normalized spacial score (nSPS) is 9.38. The number of phenols is 1. The zero-order valence-corrected chi connectivity index (χ0v) is 7.10. The quantitative estimate of drug-likeness (QED) is 0.380. The predicted molar refractivity (Wildman–Crippen MR) is 46.1 cm³/mol. The van der Waals surface area contributed by atoms with Gasteiger partial charge in [-0.25, -0.2) is 15.6 Å². The zero-order chi connectivity index (χ0) is 9.84. The number of carbonyl (C=O) groups is 1. The second kappa shape index (κ2) is 3.77. The molecule has 0 saturated heterocycles. The molecule has 1 rings (SSSR count). The van der Waals surface area contributed by atoms with Crippen LogP contribution in [0.1, 0.15) is 0 Å². The maximum atomic E-state index is 10.9. The second-order valence-electron chi connectivity index (χ2n) is 2.45. The fourth-order valence-electron chi connectivity index (χ4n) is 0.710. The topological polar surface area (TPSA) is 75.8 Å². The van der Waals surface area contributed by atoms with Crippen LogP contribution < -0.4 is 10.6 Å². The molecule has 0 aliphatic carbocycles. The third-order valence-corrected chi connectivity index (χ3v) is 1.35. The average molecular weight is 182 g/mol. The number of benzene rings is 1. The number of nitrogens with two attached hydrogens (primary N) is 1. The van der Waals surface area contributed by atoms with Crippen LogP contribution in [-0.4, -0.2) is 23.3 Å². The molecule has 1 aromatic carbocycles. The van der Waals surface area contributed by atoms with E-state index in [2.05, 4.69) is 0 Å². The zero-order valence-electron chi connectivity index (χ0n) is 7.10. The van der Waals surface area contributed by atoms with Gasteiger partial charge in [-0.15, -0.1) is 0 Å². The van der Waals surface area contributed by atoms with E-state index in [0.29, 0.717) is 0 Å². The Morgan fingerprint density at radius 2 is 2.15 bits per heavy atom. The Hall–Kier alpha value is -1.75. The number of para-hydroxylation sites is 2. The SMILES string of the molecule is CN(N)C(=O)Oc1ccccc1O. The van der Waals surface area contributed by atoms with Gasteiger partial charge in [0, 0.05) is 7.05 Å². The fourth-order valence-corrected chi connectivity index (χ4v) is 0.710.